The van der Waals surface area contributed by atoms with Crippen molar-refractivity contribution in [1.82, 2.24) is 15.6 Å². The maximum Gasteiger partial charge on any atom is 0.255 e. The summed E-state index contributed by atoms with van der Waals surface area (Å²) in [7, 11) is 3.32. The number of benzene rings is 1. The molecule has 2 aromatic rings. The first-order valence-corrected chi connectivity index (χ1v) is 9.50. The number of piperidine rings is 1. The third kappa shape index (κ3) is 6.47. The summed E-state index contributed by atoms with van der Waals surface area (Å²) in [6, 6.07) is 11.1. The summed E-state index contributed by atoms with van der Waals surface area (Å²) in [6.45, 7) is 3.08. The summed E-state index contributed by atoms with van der Waals surface area (Å²) in [6.07, 6.45) is 3.61. The van der Waals surface area contributed by atoms with Gasteiger partial charge in [-0.25, -0.2) is 4.98 Å². The summed E-state index contributed by atoms with van der Waals surface area (Å²) in [5, 5.41) is 9.67. The van der Waals surface area contributed by atoms with Crippen molar-refractivity contribution in [2.75, 3.05) is 45.8 Å². The fourth-order valence-electron chi connectivity index (χ4n) is 3.56. The summed E-state index contributed by atoms with van der Waals surface area (Å²) < 4.78 is 10.8. The van der Waals surface area contributed by atoms with Crippen molar-refractivity contribution in [3.05, 3.63) is 48.2 Å². The van der Waals surface area contributed by atoms with Gasteiger partial charge in [0.1, 0.15) is 11.6 Å². The number of halogens is 2. The third-order valence-corrected chi connectivity index (χ3v) is 5.15. The van der Waals surface area contributed by atoms with Gasteiger partial charge in [0.05, 0.1) is 25.0 Å². The zero-order chi connectivity index (χ0) is 19.8. The fraction of sp³-hybridized carbons (Fsp3) is 0.429. The van der Waals surface area contributed by atoms with Crippen molar-refractivity contribution in [3.8, 4) is 5.75 Å². The molecule has 3 N–H and O–H groups in total. The predicted molar refractivity (Wildman–Crippen MR) is 124 cm³/mol. The highest BCUT2D eigenvalue weighted by Gasteiger charge is 2.32. The molecule has 1 aromatic heterocycles. The van der Waals surface area contributed by atoms with Crippen molar-refractivity contribution in [2.24, 2.45) is 5.41 Å². The minimum absolute atomic E-state index is 0. The lowest BCUT2D eigenvalue weighted by Crippen LogP contribution is -2.47. The molecule has 0 aliphatic carbocycles. The topological polar surface area (TPSA) is 84.5 Å². The first-order valence-electron chi connectivity index (χ1n) is 9.50. The molecule has 7 nitrogen and oxygen atoms in total. The first kappa shape index (κ1) is 26.0. The van der Waals surface area contributed by atoms with Gasteiger partial charge in [0.2, 0.25) is 0 Å². The van der Waals surface area contributed by atoms with Crippen molar-refractivity contribution in [1.29, 1.82) is 0 Å². The molecule has 1 fully saturated rings. The molecule has 1 aromatic carbocycles. The van der Waals surface area contributed by atoms with E-state index in [0.29, 0.717) is 30.3 Å². The second kappa shape index (κ2) is 12.6. The molecule has 0 unspecified atom stereocenters. The Hall–Kier alpha value is -2.06. The van der Waals surface area contributed by atoms with Gasteiger partial charge in [-0.3, -0.25) is 4.79 Å². The van der Waals surface area contributed by atoms with Crippen LogP contribution in [0.3, 0.4) is 0 Å². The van der Waals surface area contributed by atoms with Gasteiger partial charge in [-0.15, -0.1) is 24.8 Å². The molecule has 1 aliphatic heterocycles. The predicted octanol–water partition coefficient (Wildman–Crippen LogP) is 3.42. The molecular weight excluding hydrogens is 427 g/mol. The number of rotatable bonds is 8. The maximum absolute atomic E-state index is 12.9. The number of nitrogens with zero attached hydrogens (tertiary/aromatic N) is 1. The Bertz CT molecular complexity index is 796. The molecule has 0 atom stereocenters. The van der Waals surface area contributed by atoms with Crippen molar-refractivity contribution in [3.63, 3.8) is 0 Å². The molecule has 1 amide bonds. The number of carbonyl (C=O) groups is 1. The second-order valence-electron chi connectivity index (χ2n) is 7.09. The number of hydrogen-bond donors (Lipinski definition) is 3. The van der Waals surface area contributed by atoms with Crippen LogP contribution in [0.4, 0.5) is 11.5 Å². The second-order valence-corrected chi connectivity index (χ2v) is 7.09. The number of ether oxygens (including phenoxy) is 2. The normalized spacial score (nSPS) is 14.6. The van der Waals surface area contributed by atoms with Gasteiger partial charge in [0.25, 0.3) is 5.91 Å². The highest BCUT2D eigenvalue weighted by atomic mass is 35.5. The molecule has 1 saturated heterocycles. The van der Waals surface area contributed by atoms with Crippen LogP contribution in [-0.2, 0) is 4.74 Å². The number of amides is 1. The number of para-hydroxylation sites is 2. The van der Waals surface area contributed by atoms with Crippen LogP contribution < -0.4 is 20.7 Å². The van der Waals surface area contributed by atoms with E-state index < -0.39 is 0 Å². The van der Waals surface area contributed by atoms with Crippen molar-refractivity contribution in [2.45, 2.75) is 12.8 Å². The molecule has 9 heteroatoms. The lowest BCUT2D eigenvalue weighted by Gasteiger charge is -2.37. The summed E-state index contributed by atoms with van der Waals surface area (Å²) >= 11 is 0. The minimum atomic E-state index is -0.153. The molecule has 30 heavy (non-hydrogen) atoms. The van der Waals surface area contributed by atoms with E-state index in [1.165, 1.54) is 0 Å². The number of methoxy groups -OCH3 is 2. The SMILES string of the molecule is COCC1(CNC(=O)c2cccnc2Nc2ccccc2OC)CCNCC1.Cl.Cl. The Balaban J connectivity index is 0.00000225. The molecule has 2 heterocycles. The average molecular weight is 457 g/mol. The highest BCUT2D eigenvalue weighted by Crippen LogP contribution is 2.29. The van der Waals surface area contributed by atoms with Gasteiger partial charge in [-0.2, -0.15) is 0 Å². The molecule has 1 aliphatic rings. The number of nitrogens with one attached hydrogen (secondary N) is 3. The number of pyridine rings is 1. The third-order valence-electron chi connectivity index (χ3n) is 5.15. The summed E-state index contributed by atoms with van der Waals surface area (Å²) in [5.41, 5.74) is 1.22. The first-order chi connectivity index (χ1) is 13.7. The Labute approximate surface area is 190 Å². The lowest BCUT2D eigenvalue weighted by atomic mass is 9.79. The van der Waals surface area contributed by atoms with Crippen LogP contribution in [0.2, 0.25) is 0 Å². The minimum Gasteiger partial charge on any atom is -0.495 e. The average Bonchev–Trinajstić information content (AvgIpc) is 2.74. The maximum atomic E-state index is 12.9. The van der Waals surface area contributed by atoms with Crippen LogP contribution in [0.15, 0.2) is 42.6 Å². The smallest absolute Gasteiger partial charge is 0.255 e. The Morgan fingerprint density at radius 1 is 1.13 bits per heavy atom. The van der Waals surface area contributed by atoms with E-state index in [0.717, 1.165) is 31.6 Å². The molecule has 0 bridgehead atoms. The van der Waals surface area contributed by atoms with Gasteiger partial charge >= 0.3 is 0 Å². The molecule has 3 rings (SSSR count). The van der Waals surface area contributed by atoms with Gasteiger partial charge < -0.3 is 25.4 Å². The Morgan fingerprint density at radius 3 is 2.57 bits per heavy atom. The number of hydrogen-bond acceptors (Lipinski definition) is 6. The monoisotopic (exact) mass is 456 g/mol. The quantitative estimate of drug-likeness (QED) is 0.564. The van der Waals surface area contributed by atoms with Crippen molar-refractivity contribution >= 4 is 42.2 Å². The van der Waals surface area contributed by atoms with E-state index in [-0.39, 0.29) is 36.1 Å². The molecule has 166 valence electrons. The van der Waals surface area contributed by atoms with Crippen LogP contribution >= 0.6 is 24.8 Å². The van der Waals surface area contributed by atoms with Gasteiger partial charge in [-0.05, 0) is 50.2 Å². The number of anilines is 2. The van der Waals surface area contributed by atoms with E-state index in [9.17, 15) is 4.79 Å². The van der Waals surface area contributed by atoms with Crippen molar-refractivity contribution < 1.29 is 14.3 Å². The fourth-order valence-corrected chi connectivity index (χ4v) is 3.56. The highest BCUT2D eigenvalue weighted by molar-refractivity contribution is 5.99. The van der Waals surface area contributed by atoms with Crippen LogP contribution in [-0.4, -0.2) is 51.4 Å². The molecule has 0 radical (unpaired) electrons. The van der Waals surface area contributed by atoms with E-state index in [2.05, 4.69) is 20.9 Å². The van der Waals surface area contributed by atoms with Crippen LogP contribution in [0.5, 0.6) is 5.75 Å². The van der Waals surface area contributed by atoms with E-state index in [4.69, 9.17) is 9.47 Å². The lowest BCUT2D eigenvalue weighted by molar-refractivity contribution is 0.0512. The van der Waals surface area contributed by atoms with Crippen LogP contribution in [0.1, 0.15) is 23.2 Å². The molecular formula is C21H30Cl2N4O3. The number of carbonyl (C=O) groups excluding carboxylic acids is 1. The van der Waals surface area contributed by atoms with Crippen LogP contribution in [0.25, 0.3) is 0 Å². The van der Waals surface area contributed by atoms with Gasteiger partial charge in [0.15, 0.2) is 0 Å². The number of aromatic nitrogens is 1. The largest absolute Gasteiger partial charge is 0.495 e. The summed E-state index contributed by atoms with van der Waals surface area (Å²) in [5.74, 6) is 1.03. The van der Waals surface area contributed by atoms with Gasteiger partial charge in [0, 0.05) is 25.3 Å². The molecule has 0 spiro atoms. The van der Waals surface area contributed by atoms with E-state index in [1.807, 2.05) is 24.3 Å². The zero-order valence-electron chi connectivity index (χ0n) is 17.3. The zero-order valence-corrected chi connectivity index (χ0v) is 18.9. The van der Waals surface area contributed by atoms with E-state index >= 15 is 0 Å². The standard InChI is InChI=1S/C21H28N4O3.2ClH/c1-27-15-21(9-12-22-13-10-21)14-24-20(26)16-6-5-11-23-19(16)25-17-7-3-4-8-18(17)28-2;;/h3-8,11,22H,9-10,12-15H2,1-2H3,(H,23,25)(H,24,26);2*1H. The van der Waals surface area contributed by atoms with Gasteiger partial charge in [-0.1, -0.05) is 12.1 Å². The summed E-state index contributed by atoms with van der Waals surface area (Å²) in [4.78, 5) is 17.3. The van der Waals surface area contributed by atoms with E-state index in [1.54, 1.807) is 32.5 Å². The Kier molecular flexibility index (Phi) is 10.9. The van der Waals surface area contributed by atoms with Crippen LogP contribution in [0, 0.1) is 5.41 Å². The Morgan fingerprint density at radius 2 is 1.87 bits per heavy atom. The molecule has 0 saturated carbocycles.